The number of likely N-dealkylation sites (tertiary alicyclic amines) is 1. The average Bonchev–Trinajstić information content (AvgIpc) is 2.64. The van der Waals surface area contributed by atoms with E-state index in [0.29, 0.717) is 18.3 Å². The molecule has 1 aliphatic heterocycles. The second-order valence-electron chi connectivity index (χ2n) is 6.92. The van der Waals surface area contributed by atoms with E-state index in [1.165, 1.54) is 18.6 Å². The summed E-state index contributed by atoms with van der Waals surface area (Å²) in [6.07, 6.45) is 4.21. The molecule has 3 N–H and O–H groups in total. The summed E-state index contributed by atoms with van der Waals surface area (Å²) < 4.78 is 27.1. The van der Waals surface area contributed by atoms with Crippen molar-refractivity contribution in [3.63, 3.8) is 0 Å². The van der Waals surface area contributed by atoms with Crippen LogP contribution in [-0.2, 0) is 19.6 Å². The van der Waals surface area contributed by atoms with Crippen molar-refractivity contribution in [2.24, 2.45) is 0 Å². The number of carbonyl (C=O) groups excluding carboxylic acids is 1. The number of piperidine rings is 1. The van der Waals surface area contributed by atoms with Crippen LogP contribution < -0.4 is 10.0 Å². The van der Waals surface area contributed by atoms with E-state index >= 15 is 0 Å². The SMILES string of the molecule is CCC(C)NS(=O)(=O)c1ccc(NC(=O)CN2CCCCC2C)cc1.O=CO. The van der Waals surface area contributed by atoms with Crippen LogP contribution in [0.2, 0.25) is 0 Å². The van der Waals surface area contributed by atoms with Crippen LogP contribution in [0.5, 0.6) is 0 Å². The van der Waals surface area contributed by atoms with E-state index in [4.69, 9.17) is 9.90 Å². The normalized spacial score (nSPS) is 18.5. The van der Waals surface area contributed by atoms with Crippen molar-refractivity contribution in [3.8, 4) is 0 Å². The number of nitrogens with zero attached hydrogens (tertiary/aromatic N) is 1. The molecule has 158 valence electrons. The molecule has 0 bridgehead atoms. The van der Waals surface area contributed by atoms with Crippen molar-refractivity contribution in [1.29, 1.82) is 0 Å². The molecule has 0 radical (unpaired) electrons. The predicted molar refractivity (Wildman–Crippen MR) is 109 cm³/mol. The summed E-state index contributed by atoms with van der Waals surface area (Å²) in [5, 5.41) is 9.73. The van der Waals surface area contributed by atoms with Gasteiger partial charge in [0.2, 0.25) is 15.9 Å². The Morgan fingerprint density at radius 2 is 1.93 bits per heavy atom. The quantitative estimate of drug-likeness (QED) is 0.591. The number of amides is 1. The van der Waals surface area contributed by atoms with Gasteiger partial charge >= 0.3 is 0 Å². The molecule has 2 rings (SSSR count). The molecule has 1 heterocycles. The fourth-order valence-corrected chi connectivity index (χ4v) is 4.24. The third-order valence-corrected chi connectivity index (χ3v) is 6.31. The van der Waals surface area contributed by atoms with Gasteiger partial charge in [-0.2, -0.15) is 0 Å². The third-order valence-electron chi connectivity index (χ3n) is 4.70. The topological polar surface area (TPSA) is 116 Å². The van der Waals surface area contributed by atoms with Crippen LogP contribution in [0.3, 0.4) is 0 Å². The first-order valence-corrected chi connectivity index (χ1v) is 11.0. The average molecular weight is 414 g/mol. The fourth-order valence-electron chi connectivity index (χ4n) is 2.91. The molecular weight excluding hydrogens is 382 g/mol. The lowest BCUT2D eigenvalue weighted by Crippen LogP contribution is -2.42. The minimum absolute atomic E-state index is 0.0675. The smallest absolute Gasteiger partial charge is 0.290 e. The van der Waals surface area contributed by atoms with E-state index in [9.17, 15) is 13.2 Å². The van der Waals surface area contributed by atoms with Crippen molar-refractivity contribution in [2.75, 3.05) is 18.4 Å². The van der Waals surface area contributed by atoms with Crippen molar-refractivity contribution < 1.29 is 23.1 Å². The van der Waals surface area contributed by atoms with Gasteiger partial charge in [-0.25, -0.2) is 13.1 Å². The van der Waals surface area contributed by atoms with Gasteiger partial charge in [-0.15, -0.1) is 0 Å². The molecule has 28 heavy (non-hydrogen) atoms. The Morgan fingerprint density at radius 3 is 2.46 bits per heavy atom. The standard InChI is InChI=1S/C18H29N3O3S.CH2O2/c1-4-14(2)20-25(23,24)17-10-8-16(9-11-17)19-18(22)13-21-12-6-5-7-15(21)3;2-1-3/h8-11,14-15,20H,4-7,12-13H2,1-3H3,(H,19,22);1H,(H,2,3). The van der Waals surface area contributed by atoms with Crippen LogP contribution >= 0.6 is 0 Å². The Balaban J connectivity index is 0.00000122. The second kappa shape index (κ2) is 11.8. The number of carbonyl (C=O) groups is 2. The Hall–Kier alpha value is -1.97. The number of carboxylic acid groups (broad SMARTS) is 1. The Bertz CT molecular complexity index is 722. The number of nitrogens with one attached hydrogen (secondary N) is 2. The molecule has 1 aromatic rings. The van der Waals surface area contributed by atoms with E-state index in [0.717, 1.165) is 25.8 Å². The largest absolute Gasteiger partial charge is 0.483 e. The monoisotopic (exact) mass is 413 g/mol. The van der Waals surface area contributed by atoms with Gasteiger partial charge in [-0.05, 0) is 63.9 Å². The molecule has 0 saturated carbocycles. The van der Waals surface area contributed by atoms with Gasteiger partial charge < -0.3 is 10.4 Å². The number of benzene rings is 1. The zero-order valence-electron chi connectivity index (χ0n) is 16.7. The number of hydrogen-bond acceptors (Lipinski definition) is 5. The van der Waals surface area contributed by atoms with Gasteiger partial charge in [-0.3, -0.25) is 14.5 Å². The summed E-state index contributed by atoms with van der Waals surface area (Å²) in [5.41, 5.74) is 0.608. The molecular formula is C19H31N3O5S. The Labute approximate surface area is 167 Å². The zero-order chi connectivity index (χ0) is 21.2. The van der Waals surface area contributed by atoms with Crippen LogP contribution in [0, 0.1) is 0 Å². The summed E-state index contributed by atoms with van der Waals surface area (Å²) in [7, 11) is -3.52. The van der Waals surface area contributed by atoms with E-state index < -0.39 is 10.0 Å². The van der Waals surface area contributed by atoms with Crippen LogP contribution in [0.25, 0.3) is 0 Å². The third kappa shape index (κ3) is 7.95. The number of anilines is 1. The molecule has 1 fully saturated rings. The number of sulfonamides is 1. The molecule has 0 aliphatic carbocycles. The molecule has 0 spiro atoms. The maximum absolute atomic E-state index is 12.2. The highest BCUT2D eigenvalue weighted by molar-refractivity contribution is 7.89. The van der Waals surface area contributed by atoms with Gasteiger partial charge in [0.15, 0.2) is 0 Å². The maximum Gasteiger partial charge on any atom is 0.290 e. The first-order valence-electron chi connectivity index (χ1n) is 9.47. The van der Waals surface area contributed by atoms with Crippen molar-refractivity contribution in [3.05, 3.63) is 24.3 Å². The number of hydrogen-bond donors (Lipinski definition) is 3. The van der Waals surface area contributed by atoms with Gasteiger partial charge in [0, 0.05) is 17.8 Å². The first-order chi connectivity index (χ1) is 13.2. The predicted octanol–water partition coefficient (Wildman–Crippen LogP) is 2.28. The molecule has 8 nitrogen and oxygen atoms in total. The lowest BCUT2D eigenvalue weighted by Gasteiger charge is -2.32. The lowest BCUT2D eigenvalue weighted by molar-refractivity contribution is -0.123. The van der Waals surface area contributed by atoms with Gasteiger partial charge in [0.05, 0.1) is 11.4 Å². The summed E-state index contributed by atoms with van der Waals surface area (Å²) in [6, 6.07) is 6.61. The van der Waals surface area contributed by atoms with Crippen LogP contribution in [0.1, 0.15) is 46.5 Å². The van der Waals surface area contributed by atoms with Gasteiger partial charge in [0.25, 0.3) is 6.47 Å². The van der Waals surface area contributed by atoms with E-state index in [-0.39, 0.29) is 23.3 Å². The van der Waals surface area contributed by atoms with E-state index in [1.807, 2.05) is 13.8 Å². The van der Waals surface area contributed by atoms with Crippen molar-refractivity contribution >= 4 is 28.1 Å². The fraction of sp³-hybridized carbons (Fsp3) is 0.579. The lowest BCUT2D eigenvalue weighted by atomic mass is 10.0. The minimum Gasteiger partial charge on any atom is -0.483 e. The van der Waals surface area contributed by atoms with E-state index in [2.05, 4.69) is 21.9 Å². The maximum atomic E-state index is 12.2. The summed E-state index contributed by atoms with van der Waals surface area (Å²) >= 11 is 0. The first kappa shape index (κ1) is 24.1. The summed E-state index contributed by atoms with van der Waals surface area (Å²) in [4.78, 5) is 23.0. The molecule has 1 saturated heterocycles. The summed E-state index contributed by atoms with van der Waals surface area (Å²) in [6.45, 7) is 6.98. The zero-order valence-corrected chi connectivity index (χ0v) is 17.5. The molecule has 1 aromatic carbocycles. The van der Waals surface area contributed by atoms with Gasteiger partial charge in [-0.1, -0.05) is 13.3 Å². The number of rotatable bonds is 7. The van der Waals surface area contributed by atoms with Crippen LogP contribution in [0.15, 0.2) is 29.2 Å². The summed E-state index contributed by atoms with van der Waals surface area (Å²) in [5.74, 6) is -0.0675. The second-order valence-corrected chi connectivity index (χ2v) is 8.64. The van der Waals surface area contributed by atoms with Gasteiger partial charge in [0.1, 0.15) is 0 Å². The van der Waals surface area contributed by atoms with Crippen LogP contribution in [-0.4, -0.2) is 56.0 Å². The minimum atomic E-state index is -3.52. The Kier molecular flexibility index (Phi) is 10.1. The van der Waals surface area contributed by atoms with Crippen molar-refractivity contribution in [1.82, 2.24) is 9.62 Å². The highest BCUT2D eigenvalue weighted by Crippen LogP contribution is 2.17. The van der Waals surface area contributed by atoms with Crippen LogP contribution in [0.4, 0.5) is 5.69 Å². The molecule has 0 aromatic heterocycles. The van der Waals surface area contributed by atoms with E-state index in [1.54, 1.807) is 12.1 Å². The molecule has 1 aliphatic rings. The highest BCUT2D eigenvalue weighted by atomic mass is 32.2. The molecule has 9 heteroatoms. The van der Waals surface area contributed by atoms with Crippen molar-refractivity contribution in [2.45, 2.75) is 63.4 Å². The highest BCUT2D eigenvalue weighted by Gasteiger charge is 2.21. The molecule has 2 atom stereocenters. The molecule has 2 unspecified atom stereocenters. The Morgan fingerprint density at radius 1 is 1.32 bits per heavy atom. The molecule has 1 amide bonds.